The van der Waals surface area contributed by atoms with Gasteiger partial charge in [0.2, 0.25) is 0 Å². The monoisotopic (exact) mass is 288 g/mol. The van der Waals surface area contributed by atoms with Crippen molar-refractivity contribution in [3.8, 4) is 0 Å². The van der Waals surface area contributed by atoms with Gasteiger partial charge in [-0.05, 0) is 13.3 Å². The molecule has 0 saturated carbocycles. The fourth-order valence-corrected chi connectivity index (χ4v) is 4.25. The van der Waals surface area contributed by atoms with E-state index >= 15 is 0 Å². The van der Waals surface area contributed by atoms with Gasteiger partial charge in [-0.15, -0.1) is 0 Å². The Morgan fingerprint density at radius 3 is 2.79 bits per heavy atom. The molecule has 0 radical (unpaired) electrons. The Hall–Kier alpha value is -1.12. The van der Waals surface area contributed by atoms with Crippen LogP contribution in [0.2, 0.25) is 0 Å². The summed E-state index contributed by atoms with van der Waals surface area (Å²) in [5, 5.41) is 0.0556. The minimum Gasteiger partial charge on any atom is -0.381 e. The highest BCUT2D eigenvalue weighted by molar-refractivity contribution is 7.89. The standard InChI is InChI=1S/C11H20N4O3S/c1-4-9-6-18-8(2)5-15(9)19(16,17)11-10(12)13-7-14(11)3/h7-9H,4-6,12H2,1-3H3. The van der Waals surface area contributed by atoms with Gasteiger partial charge in [-0.2, -0.15) is 4.31 Å². The molecule has 8 heteroatoms. The van der Waals surface area contributed by atoms with E-state index in [4.69, 9.17) is 10.5 Å². The molecule has 0 spiro atoms. The van der Waals surface area contributed by atoms with Crippen LogP contribution >= 0.6 is 0 Å². The van der Waals surface area contributed by atoms with Crippen molar-refractivity contribution in [1.29, 1.82) is 0 Å². The molecule has 0 bridgehead atoms. The molecule has 1 aromatic heterocycles. The average molecular weight is 288 g/mol. The third-order valence-corrected chi connectivity index (χ3v) is 5.40. The van der Waals surface area contributed by atoms with E-state index in [0.717, 1.165) is 0 Å². The summed E-state index contributed by atoms with van der Waals surface area (Å²) in [4.78, 5) is 3.85. The van der Waals surface area contributed by atoms with Crippen molar-refractivity contribution in [2.24, 2.45) is 7.05 Å². The van der Waals surface area contributed by atoms with Crippen LogP contribution in [0.3, 0.4) is 0 Å². The van der Waals surface area contributed by atoms with Crippen LogP contribution in [-0.4, -0.2) is 47.6 Å². The molecule has 1 aromatic rings. The lowest BCUT2D eigenvalue weighted by Crippen LogP contribution is -2.51. The summed E-state index contributed by atoms with van der Waals surface area (Å²) >= 11 is 0. The molecule has 2 unspecified atom stereocenters. The molecule has 0 aliphatic carbocycles. The summed E-state index contributed by atoms with van der Waals surface area (Å²) < 4.78 is 33.9. The van der Waals surface area contributed by atoms with Crippen molar-refractivity contribution in [3.05, 3.63) is 6.33 Å². The Bertz CT molecular complexity index is 535. The fraction of sp³-hybridized carbons (Fsp3) is 0.727. The van der Waals surface area contributed by atoms with E-state index < -0.39 is 10.0 Å². The highest BCUT2D eigenvalue weighted by Gasteiger charge is 2.38. The average Bonchev–Trinajstić information content (AvgIpc) is 2.69. The lowest BCUT2D eigenvalue weighted by Gasteiger charge is -2.37. The highest BCUT2D eigenvalue weighted by Crippen LogP contribution is 2.26. The first-order valence-corrected chi connectivity index (χ1v) is 7.72. The van der Waals surface area contributed by atoms with Gasteiger partial charge in [0.25, 0.3) is 10.0 Å². The zero-order valence-corrected chi connectivity index (χ0v) is 12.2. The smallest absolute Gasteiger partial charge is 0.262 e. The third kappa shape index (κ3) is 2.47. The Labute approximate surface area is 113 Å². The fourth-order valence-electron chi connectivity index (χ4n) is 2.29. The van der Waals surface area contributed by atoms with Crippen molar-refractivity contribution in [2.75, 3.05) is 18.9 Å². The maximum Gasteiger partial charge on any atom is 0.262 e. The molecule has 1 fully saturated rings. The summed E-state index contributed by atoms with van der Waals surface area (Å²) in [6, 6.07) is -0.157. The number of morpholine rings is 1. The Morgan fingerprint density at radius 1 is 1.58 bits per heavy atom. The minimum atomic E-state index is -3.65. The number of aryl methyl sites for hydroxylation is 1. The molecule has 1 saturated heterocycles. The van der Waals surface area contributed by atoms with Gasteiger partial charge in [0.05, 0.1) is 19.0 Å². The van der Waals surface area contributed by atoms with E-state index in [0.29, 0.717) is 19.6 Å². The van der Waals surface area contributed by atoms with E-state index in [-0.39, 0.29) is 23.0 Å². The molecule has 2 heterocycles. The Kier molecular flexibility index (Phi) is 3.84. The molecule has 2 rings (SSSR count). The van der Waals surface area contributed by atoms with Crippen LogP contribution < -0.4 is 5.73 Å². The first kappa shape index (κ1) is 14.3. The summed E-state index contributed by atoms with van der Waals surface area (Å²) in [6.45, 7) is 4.56. The Morgan fingerprint density at radius 2 is 2.26 bits per heavy atom. The molecule has 19 heavy (non-hydrogen) atoms. The summed E-state index contributed by atoms with van der Waals surface area (Å²) in [5.41, 5.74) is 5.69. The topological polar surface area (TPSA) is 90.4 Å². The van der Waals surface area contributed by atoms with Crippen molar-refractivity contribution in [1.82, 2.24) is 13.9 Å². The molecule has 2 atom stereocenters. The van der Waals surface area contributed by atoms with E-state index in [1.807, 2.05) is 13.8 Å². The van der Waals surface area contributed by atoms with E-state index in [1.165, 1.54) is 15.2 Å². The van der Waals surface area contributed by atoms with Crippen LogP contribution in [0.4, 0.5) is 5.82 Å². The van der Waals surface area contributed by atoms with Gasteiger partial charge in [-0.3, -0.25) is 0 Å². The number of anilines is 1. The number of nitrogens with two attached hydrogens (primary N) is 1. The van der Waals surface area contributed by atoms with Gasteiger partial charge in [-0.1, -0.05) is 6.92 Å². The SMILES string of the molecule is CCC1COC(C)CN1S(=O)(=O)c1c(N)ncn1C. The largest absolute Gasteiger partial charge is 0.381 e. The van der Waals surface area contributed by atoms with Crippen LogP contribution in [0, 0.1) is 0 Å². The van der Waals surface area contributed by atoms with Gasteiger partial charge in [0, 0.05) is 19.6 Å². The second kappa shape index (κ2) is 5.10. The first-order chi connectivity index (χ1) is 8.87. The molecule has 0 aromatic carbocycles. The van der Waals surface area contributed by atoms with Crippen LogP contribution in [0.5, 0.6) is 0 Å². The lowest BCUT2D eigenvalue weighted by atomic mass is 10.2. The number of nitrogen functional groups attached to an aromatic ring is 1. The predicted octanol–water partition coefficient (Wildman–Crippen LogP) is 0.190. The molecule has 1 aliphatic heterocycles. The quantitative estimate of drug-likeness (QED) is 0.857. The van der Waals surface area contributed by atoms with Crippen LogP contribution in [0.1, 0.15) is 20.3 Å². The van der Waals surface area contributed by atoms with Gasteiger partial charge in [-0.25, -0.2) is 13.4 Å². The van der Waals surface area contributed by atoms with Crippen LogP contribution in [0.15, 0.2) is 11.4 Å². The van der Waals surface area contributed by atoms with Gasteiger partial charge in [0.15, 0.2) is 10.8 Å². The Balaban J connectivity index is 2.43. The molecule has 1 aliphatic rings. The second-order valence-corrected chi connectivity index (χ2v) is 6.63. The maximum atomic E-state index is 12.7. The van der Waals surface area contributed by atoms with Gasteiger partial charge < -0.3 is 15.0 Å². The zero-order valence-electron chi connectivity index (χ0n) is 11.4. The number of hydrogen-bond acceptors (Lipinski definition) is 5. The molecule has 2 N–H and O–H groups in total. The first-order valence-electron chi connectivity index (χ1n) is 6.28. The lowest BCUT2D eigenvalue weighted by molar-refractivity contribution is -0.0231. The second-order valence-electron chi connectivity index (χ2n) is 4.83. The highest BCUT2D eigenvalue weighted by atomic mass is 32.2. The third-order valence-electron chi connectivity index (χ3n) is 3.35. The molecular formula is C11H20N4O3S. The maximum absolute atomic E-state index is 12.7. The molecule has 7 nitrogen and oxygen atoms in total. The molecule has 0 amide bonds. The van der Waals surface area contributed by atoms with Crippen molar-refractivity contribution >= 4 is 15.8 Å². The summed E-state index contributed by atoms with van der Waals surface area (Å²) in [5.74, 6) is 0.0384. The van der Waals surface area contributed by atoms with E-state index in [2.05, 4.69) is 4.98 Å². The zero-order chi connectivity index (χ0) is 14.2. The van der Waals surface area contributed by atoms with Crippen molar-refractivity contribution in [3.63, 3.8) is 0 Å². The number of sulfonamides is 1. The molecular weight excluding hydrogens is 268 g/mol. The summed E-state index contributed by atoms with van der Waals surface area (Å²) in [6.07, 6.45) is 1.99. The number of imidazole rings is 1. The van der Waals surface area contributed by atoms with Crippen molar-refractivity contribution in [2.45, 2.75) is 37.4 Å². The summed E-state index contributed by atoms with van der Waals surface area (Å²) in [7, 11) is -2.02. The molecule has 108 valence electrons. The van der Waals surface area contributed by atoms with Gasteiger partial charge in [0.1, 0.15) is 0 Å². The van der Waals surface area contributed by atoms with E-state index in [9.17, 15) is 8.42 Å². The number of ether oxygens (including phenoxy) is 1. The number of rotatable bonds is 3. The predicted molar refractivity (Wildman–Crippen MR) is 71.0 cm³/mol. The minimum absolute atomic E-state index is 0.0384. The number of aromatic nitrogens is 2. The number of nitrogens with zero attached hydrogens (tertiary/aromatic N) is 3. The van der Waals surface area contributed by atoms with Crippen molar-refractivity contribution < 1.29 is 13.2 Å². The van der Waals surface area contributed by atoms with E-state index in [1.54, 1.807) is 7.05 Å². The normalized spacial score (nSPS) is 25.6. The van der Waals surface area contributed by atoms with Crippen LogP contribution in [-0.2, 0) is 21.8 Å². The van der Waals surface area contributed by atoms with Crippen LogP contribution in [0.25, 0.3) is 0 Å². The number of hydrogen-bond donors (Lipinski definition) is 1. The van der Waals surface area contributed by atoms with Gasteiger partial charge >= 0.3 is 0 Å².